The Balaban J connectivity index is 1.61. The summed E-state index contributed by atoms with van der Waals surface area (Å²) in [6, 6.07) is 16.5. The fourth-order valence-electron chi connectivity index (χ4n) is 4.31. The lowest BCUT2D eigenvalue weighted by Crippen LogP contribution is -2.63. The molecule has 1 aliphatic rings. The maximum atomic E-state index is 13.7. The Labute approximate surface area is 227 Å². The molecule has 0 atom stereocenters. The van der Waals surface area contributed by atoms with Gasteiger partial charge in [0.05, 0.1) is 12.7 Å². The molecule has 4 rings (SSSR count). The van der Waals surface area contributed by atoms with Gasteiger partial charge < -0.3 is 20.3 Å². The molecule has 1 aliphatic heterocycles. The minimum absolute atomic E-state index is 0.204. The van der Waals surface area contributed by atoms with Gasteiger partial charge in [-0.05, 0) is 49.1 Å². The van der Waals surface area contributed by atoms with Crippen molar-refractivity contribution in [2.45, 2.75) is 45.6 Å². The van der Waals surface area contributed by atoms with Gasteiger partial charge in [0.15, 0.2) is 0 Å². The number of methoxy groups -OCH3 is 1. The molecular weight excluding hydrogens is 500 g/mol. The van der Waals surface area contributed by atoms with Crippen molar-refractivity contribution >= 4 is 39.9 Å². The number of hydrogen-bond donors (Lipinski definition) is 3. The molecule has 0 bridgehead atoms. The standard InChI is InChI=1S/C29H34N4O4S/c1-28(2,3)23-17-21(25(34)33-15-14-30-26(35)29(33,4)5)24(38-23)32-27(36)31-19-12-13-22(37-6)20(16-19)18-10-8-7-9-11-18/h7-13,16-17H,14-15H2,1-6H3,(H,30,35)(H2,31,32,36). The molecule has 0 aliphatic carbocycles. The molecule has 4 amide bonds. The molecule has 0 saturated carbocycles. The van der Waals surface area contributed by atoms with Gasteiger partial charge in [-0.15, -0.1) is 11.3 Å². The Morgan fingerprint density at radius 1 is 1.05 bits per heavy atom. The first kappa shape index (κ1) is 27.2. The van der Waals surface area contributed by atoms with E-state index in [9.17, 15) is 14.4 Å². The first-order valence-corrected chi connectivity index (χ1v) is 13.3. The number of nitrogens with one attached hydrogen (secondary N) is 3. The summed E-state index contributed by atoms with van der Waals surface area (Å²) in [5, 5.41) is 9.03. The van der Waals surface area contributed by atoms with Crippen LogP contribution in [0.5, 0.6) is 5.75 Å². The summed E-state index contributed by atoms with van der Waals surface area (Å²) in [7, 11) is 1.61. The van der Waals surface area contributed by atoms with Gasteiger partial charge in [-0.2, -0.15) is 0 Å². The Hall–Kier alpha value is -3.85. The van der Waals surface area contributed by atoms with Gasteiger partial charge in [0.2, 0.25) is 5.91 Å². The average Bonchev–Trinajstić information content (AvgIpc) is 3.30. The van der Waals surface area contributed by atoms with Gasteiger partial charge in [0, 0.05) is 29.2 Å². The van der Waals surface area contributed by atoms with Crippen molar-refractivity contribution in [3.63, 3.8) is 0 Å². The van der Waals surface area contributed by atoms with Crippen LogP contribution >= 0.6 is 11.3 Å². The van der Waals surface area contributed by atoms with Crippen LogP contribution in [0.2, 0.25) is 0 Å². The van der Waals surface area contributed by atoms with E-state index in [4.69, 9.17) is 4.74 Å². The van der Waals surface area contributed by atoms with Crippen molar-refractivity contribution < 1.29 is 19.1 Å². The van der Waals surface area contributed by atoms with E-state index in [-0.39, 0.29) is 17.2 Å². The molecular formula is C29H34N4O4S. The zero-order valence-electron chi connectivity index (χ0n) is 22.6. The highest BCUT2D eigenvalue weighted by atomic mass is 32.1. The Morgan fingerprint density at radius 3 is 2.42 bits per heavy atom. The highest BCUT2D eigenvalue weighted by molar-refractivity contribution is 7.16. The number of rotatable bonds is 5. The van der Waals surface area contributed by atoms with Crippen LogP contribution in [0.15, 0.2) is 54.6 Å². The second-order valence-corrected chi connectivity index (χ2v) is 11.8. The van der Waals surface area contributed by atoms with Crippen LogP contribution in [0.4, 0.5) is 15.5 Å². The molecule has 38 heavy (non-hydrogen) atoms. The number of carbonyl (C=O) groups excluding carboxylic acids is 3. The summed E-state index contributed by atoms with van der Waals surface area (Å²) in [5.41, 5.74) is 1.52. The van der Waals surface area contributed by atoms with Crippen LogP contribution in [0.3, 0.4) is 0 Å². The summed E-state index contributed by atoms with van der Waals surface area (Å²) in [5.74, 6) is 0.198. The molecule has 9 heteroatoms. The normalized spacial score (nSPS) is 15.0. The quantitative estimate of drug-likeness (QED) is 0.390. The Bertz CT molecular complexity index is 1360. The van der Waals surface area contributed by atoms with Crippen LogP contribution < -0.4 is 20.7 Å². The molecule has 0 spiro atoms. The minimum atomic E-state index is -1.00. The molecule has 3 aromatic rings. The van der Waals surface area contributed by atoms with E-state index in [0.717, 1.165) is 16.0 Å². The van der Waals surface area contributed by atoms with Gasteiger partial charge in [0.25, 0.3) is 5.91 Å². The number of urea groups is 1. The zero-order valence-corrected chi connectivity index (χ0v) is 23.4. The highest BCUT2D eigenvalue weighted by Crippen LogP contribution is 2.38. The van der Waals surface area contributed by atoms with Crippen LogP contribution in [0.1, 0.15) is 49.9 Å². The predicted molar refractivity (Wildman–Crippen MR) is 152 cm³/mol. The third-order valence-corrected chi connectivity index (χ3v) is 8.04. The van der Waals surface area contributed by atoms with E-state index in [2.05, 4.69) is 36.7 Å². The van der Waals surface area contributed by atoms with E-state index in [1.165, 1.54) is 11.3 Å². The van der Waals surface area contributed by atoms with Crippen LogP contribution in [-0.4, -0.2) is 48.5 Å². The third-order valence-electron chi connectivity index (χ3n) is 6.57. The Morgan fingerprint density at radius 2 is 1.76 bits per heavy atom. The monoisotopic (exact) mass is 534 g/mol. The Kier molecular flexibility index (Phi) is 7.51. The van der Waals surface area contributed by atoms with Crippen LogP contribution in [0.25, 0.3) is 11.1 Å². The fourth-order valence-corrected chi connectivity index (χ4v) is 5.41. The maximum absolute atomic E-state index is 13.7. The number of anilines is 2. The van der Waals surface area contributed by atoms with Crippen molar-refractivity contribution in [3.05, 3.63) is 65.0 Å². The molecule has 1 saturated heterocycles. The first-order chi connectivity index (χ1) is 17.9. The smallest absolute Gasteiger partial charge is 0.324 e. The first-order valence-electron chi connectivity index (χ1n) is 12.5. The van der Waals surface area contributed by atoms with Crippen molar-refractivity contribution in [2.75, 3.05) is 30.8 Å². The summed E-state index contributed by atoms with van der Waals surface area (Å²) < 4.78 is 5.52. The van der Waals surface area contributed by atoms with E-state index in [1.807, 2.05) is 42.5 Å². The van der Waals surface area contributed by atoms with Gasteiger partial charge in [-0.25, -0.2) is 4.79 Å². The number of nitrogens with zero attached hydrogens (tertiary/aromatic N) is 1. The average molecular weight is 535 g/mol. The van der Waals surface area contributed by atoms with E-state index < -0.39 is 11.6 Å². The van der Waals surface area contributed by atoms with Crippen molar-refractivity contribution in [2.24, 2.45) is 0 Å². The third kappa shape index (κ3) is 5.52. The lowest BCUT2D eigenvalue weighted by atomic mass is 9.93. The largest absolute Gasteiger partial charge is 0.496 e. The van der Waals surface area contributed by atoms with Crippen LogP contribution in [0, 0.1) is 0 Å². The molecule has 200 valence electrons. The van der Waals surface area contributed by atoms with E-state index >= 15 is 0 Å². The minimum Gasteiger partial charge on any atom is -0.496 e. The van der Waals surface area contributed by atoms with Crippen molar-refractivity contribution in [1.82, 2.24) is 10.2 Å². The fraction of sp³-hybridized carbons (Fsp3) is 0.345. The predicted octanol–water partition coefficient (Wildman–Crippen LogP) is 5.72. The summed E-state index contributed by atoms with van der Waals surface area (Å²) in [4.78, 5) is 41.8. The molecule has 2 aromatic carbocycles. The van der Waals surface area contributed by atoms with E-state index in [1.54, 1.807) is 38.0 Å². The number of amides is 4. The molecule has 3 N–H and O–H groups in total. The summed E-state index contributed by atoms with van der Waals surface area (Å²) in [6.07, 6.45) is 0. The molecule has 0 radical (unpaired) electrons. The number of hydrogen-bond acceptors (Lipinski definition) is 5. The number of ether oxygens (including phenoxy) is 1. The molecule has 8 nitrogen and oxygen atoms in total. The summed E-state index contributed by atoms with van der Waals surface area (Å²) in [6.45, 7) is 10.4. The highest BCUT2D eigenvalue weighted by Gasteiger charge is 2.42. The SMILES string of the molecule is COc1ccc(NC(=O)Nc2sc(C(C)(C)C)cc2C(=O)N2CCNC(=O)C2(C)C)cc1-c1ccccc1. The molecule has 1 fully saturated rings. The molecule has 2 heterocycles. The lowest BCUT2D eigenvalue weighted by Gasteiger charge is -2.41. The van der Waals surface area contributed by atoms with Gasteiger partial charge in [-0.3, -0.25) is 14.9 Å². The summed E-state index contributed by atoms with van der Waals surface area (Å²) >= 11 is 1.36. The van der Waals surface area contributed by atoms with E-state index in [0.29, 0.717) is 35.1 Å². The van der Waals surface area contributed by atoms with Crippen molar-refractivity contribution in [3.8, 4) is 16.9 Å². The number of piperazine rings is 1. The molecule has 0 unspecified atom stereocenters. The number of benzene rings is 2. The number of carbonyl (C=O) groups is 3. The molecule has 1 aromatic heterocycles. The maximum Gasteiger partial charge on any atom is 0.324 e. The van der Waals surface area contributed by atoms with Crippen LogP contribution in [-0.2, 0) is 10.2 Å². The zero-order chi connectivity index (χ0) is 27.7. The second-order valence-electron chi connectivity index (χ2n) is 10.7. The van der Waals surface area contributed by atoms with Crippen molar-refractivity contribution in [1.29, 1.82) is 0 Å². The number of thiophene rings is 1. The van der Waals surface area contributed by atoms with Gasteiger partial charge in [-0.1, -0.05) is 51.1 Å². The lowest BCUT2D eigenvalue weighted by molar-refractivity contribution is -0.133. The topological polar surface area (TPSA) is 99.8 Å². The van der Waals surface area contributed by atoms with Gasteiger partial charge >= 0.3 is 6.03 Å². The van der Waals surface area contributed by atoms with Gasteiger partial charge in [0.1, 0.15) is 16.3 Å². The second kappa shape index (κ2) is 10.5.